The number of pyridine rings is 1. The van der Waals surface area contributed by atoms with Gasteiger partial charge in [0.1, 0.15) is 0 Å². The Kier molecular flexibility index (Phi) is 5.37. The molecular formula is C29H30N4S. The third-order valence-corrected chi connectivity index (χ3v) is 7.98. The Labute approximate surface area is 206 Å². The molecule has 1 N–H and O–H groups in total. The van der Waals surface area contributed by atoms with Crippen LogP contribution in [0, 0.1) is 13.8 Å². The lowest BCUT2D eigenvalue weighted by Crippen LogP contribution is -2.37. The Balaban J connectivity index is 1.52. The molecule has 34 heavy (non-hydrogen) atoms. The quantitative estimate of drug-likeness (QED) is 0.345. The zero-order chi connectivity index (χ0) is 23.2. The van der Waals surface area contributed by atoms with Crippen molar-refractivity contribution < 1.29 is 0 Å². The van der Waals surface area contributed by atoms with Crippen molar-refractivity contribution in [3.05, 3.63) is 95.6 Å². The summed E-state index contributed by atoms with van der Waals surface area (Å²) in [5.74, 6) is 0. The molecule has 1 saturated carbocycles. The van der Waals surface area contributed by atoms with Crippen molar-refractivity contribution >= 4 is 28.1 Å². The second kappa shape index (κ2) is 8.55. The van der Waals surface area contributed by atoms with Crippen molar-refractivity contribution in [2.75, 3.05) is 0 Å². The summed E-state index contributed by atoms with van der Waals surface area (Å²) in [6, 6.07) is 24.4. The standard InChI is InChI=1S/C29H30N4S/c1-19-18-24(20(2)32(19)26-16-9-11-21-10-3-6-14-23(21)26)28-27(25-15-7-8-17-30-25)31-29(34)33(28)22-12-4-5-13-22/h3,6-11,14-18,22,27-28H,4-5,12-13H2,1-2H3,(H,31,34). The molecule has 172 valence electrons. The highest BCUT2D eigenvalue weighted by Crippen LogP contribution is 2.45. The summed E-state index contributed by atoms with van der Waals surface area (Å²) in [5, 5.41) is 7.05. The van der Waals surface area contributed by atoms with Gasteiger partial charge < -0.3 is 14.8 Å². The van der Waals surface area contributed by atoms with E-state index >= 15 is 0 Å². The van der Waals surface area contributed by atoms with E-state index in [-0.39, 0.29) is 12.1 Å². The molecule has 0 spiro atoms. The third-order valence-electron chi connectivity index (χ3n) is 7.65. The van der Waals surface area contributed by atoms with Gasteiger partial charge in [0.2, 0.25) is 0 Å². The molecule has 2 aliphatic rings. The van der Waals surface area contributed by atoms with Crippen molar-refractivity contribution in [2.24, 2.45) is 0 Å². The molecule has 6 rings (SSSR count). The maximum absolute atomic E-state index is 5.95. The second-order valence-corrected chi connectivity index (χ2v) is 10.0. The van der Waals surface area contributed by atoms with Crippen LogP contribution < -0.4 is 5.32 Å². The van der Waals surface area contributed by atoms with E-state index in [1.54, 1.807) is 0 Å². The van der Waals surface area contributed by atoms with Gasteiger partial charge in [-0.25, -0.2) is 0 Å². The highest BCUT2D eigenvalue weighted by atomic mass is 32.1. The van der Waals surface area contributed by atoms with Crippen LogP contribution in [-0.4, -0.2) is 25.6 Å². The van der Waals surface area contributed by atoms with E-state index in [9.17, 15) is 0 Å². The monoisotopic (exact) mass is 466 g/mol. The average molecular weight is 467 g/mol. The number of aryl methyl sites for hydroxylation is 1. The van der Waals surface area contributed by atoms with Gasteiger partial charge >= 0.3 is 0 Å². The number of benzene rings is 2. The summed E-state index contributed by atoms with van der Waals surface area (Å²) in [6.45, 7) is 4.47. The molecule has 2 aromatic carbocycles. The van der Waals surface area contributed by atoms with Crippen LogP contribution in [0.15, 0.2) is 72.9 Å². The van der Waals surface area contributed by atoms with E-state index in [1.807, 2.05) is 12.3 Å². The lowest BCUT2D eigenvalue weighted by Gasteiger charge is -2.33. The summed E-state index contributed by atoms with van der Waals surface area (Å²) in [7, 11) is 0. The number of nitrogens with zero attached hydrogens (tertiary/aromatic N) is 3. The molecule has 4 nitrogen and oxygen atoms in total. The van der Waals surface area contributed by atoms with E-state index < -0.39 is 0 Å². The molecule has 0 amide bonds. The van der Waals surface area contributed by atoms with Crippen molar-refractivity contribution in [3.8, 4) is 5.69 Å². The van der Waals surface area contributed by atoms with E-state index in [2.05, 4.69) is 89.3 Å². The fraction of sp³-hybridized carbons (Fsp3) is 0.310. The number of rotatable bonds is 4. The lowest BCUT2D eigenvalue weighted by atomic mass is 9.95. The first-order valence-electron chi connectivity index (χ1n) is 12.3. The zero-order valence-electron chi connectivity index (χ0n) is 19.7. The van der Waals surface area contributed by atoms with Crippen LogP contribution >= 0.6 is 12.2 Å². The minimum atomic E-state index is 0.0377. The number of hydrogen-bond acceptors (Lipinski definition) is 2. The third kappa shape index (κ3) is 3.41. The average Bonchev–Trinajstić information content (AvgIpc) is 3.57. The number of thiocarbonyl (C=S) groups is 1. The van der Waals surface area contributed by atoms with Gasteiger partial charge in [0.05, 0.1) is 23.5 Å². The molecule has 2 fully saturated rings. The SMILES string of the molecule is Cc1cc(C2C(c3ccccn3)NC(=S)N2C2CCCC2)c(C)n1-c1cccc2ccccc12. The van der Waals surface area contributed by atoms with Crippen LogP contribution in [0.5, 0.6) is 0 Å². The van der Waals surface area contributed by atoms with Gasteiger partial charge in [-0.05, 0) is 74.1 Å². The van der Waals surface area contributed by atoms with Crippen LogP contribution in [0.2, 0.25) is 0 Å². The van der Waals surface area contributed by atoms with Crippen LogP contribution in [0.25, 0.3) is 16.5 Å². The first-order chi connectivity index (χ1) is 16.6. The summed E-state index contributed by atoms with van der Waals surface area (Å²) >= 11 is 5.95. The van der Waals surface area contributed by atoms with E-state index in [0.717, 1.165) is 10.8 Å². The molecule has 1 aliphatic carbocycles. The fourth-order valence-electron chi connectivity index (χ4n) is 6.13. The van der Waals surface area contributed by atoms with Crippen LogP contribution in [-0.2, 0) is 0 Å². The number of aromatic nitrogens is 2. The van der Waals surface area contributed by atoms with Gasteiger partial charge in [0.25, 0.3) is 0 Å². The van der Waals surface area contributed by atoms with Crippen molar-refractivity contribution in [1.29, 1.82) is 0 Å². The number of fused-ring (bicyclic) bond motifs is 1. The molecule has 1 aliphatic heterocycles. The maximum atomic E-state index is 5.95. The second-order valence-electron chi connectivity index (χ2n) is 9.63. The number of hydrogen-bond donors (Lipinski definition) is 1. The Hall–Kier alpha value is -3.18. The molecule has 3 heterocycles. The molecule has 5 heteroatoms. The van der Waals surface area contributed by atoms with Gasteiger partial charge in [-0.2, -0.15) is 0 Å². The minimum Gasteiger partial charge on any atom is -0.352 e. The number of nitrogens with one attached hydrogen (secondary N) is 1. The minimum absolute atomic E-state index is 0.0377. The summed E-state index contributed by atoms with van der Waals surface area (Å²) in [5.41, 5.74) is 6.13. The Bertz CT molecular complexity index is 1350. The molecule has 0 bridgehead atoms. The Morgan fingerprint density at radius 1 is 0.941 bits per heavy atom. The van der Waals surface area contributed by atoms with Crippen molar-refractivity contribution in [2.45, 2.75) is 57.7 Å². The van der Waals surface area contributed by atoms with Gasteiger partial charge in [-0.1, -0.05) is 55.3 Å². The first kappa shape index (κ1) is 21.4. The molecule has 2 atom stereocenters. The highest BCUT2D eigenvalue weighted by Gasteiger charge is 2.44. The highest BCUT2D eigenvalue weighted by molar-refractivity contribution is 7.80. The lowest BCUT2D eigenvalue weighted by molar-refractivity contribution is 0.245. The van der Waals surface area contributed by atoms with Gasteiger partial charge in [-0.3, -0.25) is 4.98 Å². The van der Waals surface area contributed by atoms with Crippen LogP contribution in [0.4, 0.5) is 0 Å². The van der Waals surface area contributed by atoms with Crippen LogP contribution in [0.1, 0.15) is 60.4 Å². The van der Waals surface area contributed by atoms with Crippen LogP contribution in [0.3, 0.4) is 0 Å². The molecule has 0 radical (unpaired) electrons. The normalized spacial score (nSPS) is 20.9. The summed E-state index contributed by atoms with van der Waals surface area (Å²) in [4.78, 5) is 7.23. The smallest absolute Gasteiger partial charge is 0.170 e. The molecular weight excluding hydrogens is 436 g/mol. The van der Waals surface area contributed by atoms with E-state index in [4.69, 9.17) is 17.2 Å². The van der Waals surface area contributed by atoms with Gasteiger partial charge in [-0.15, -0.1) is 0 Å². The predicted octanol–water partition coefficient (Wildman–Crippen LogP) is 6.56. The largest absolute Gasteiger partial charge is 0.352 e. The van der Waals surface area contributed by atoms with Crippen molar-refractivity contribution in [1.82, 2.24) is 19.8 Å². The summed E-state index contributed by atoms with van der Waals surface area (Å²) < 4.78 is 2.42. The topological polar surface area (TPSA) is 33.1 Å². The Morgan fingerprint density at radius 3 is 2.50 bits per heavy atom. The van der Waals surface area contributed by atoms with E-state index in [1.165, 1.54) is 59.1 Å². The molecule has 4 aromatic rings. The fourth-order valence-corrected chi connectivity index (χ4v) is 6.52. The maximum Gasteiger partial charge on any atom is 0.170 e. The van der Waals surface area contributed by atoms with E-state index in [0.29, 0.717) is 6.04 Å². The van der Waals surface area contributed by atoms with Crippen molar-refractivity contribution in [3.63, 3.8) is 0 Å². The zero-order valence-corrected chi connectivity index (χ0v) is 20.6. The molecule has 1 saturated heterocycles. The first-order valence-corrected chi connectivity index (χ1v) is 12.7. The molecule has 2 unspecified atom stereocenters. The predicted molar refractivity (Wildman–Crippen MR) is 142 cm³/mol. The Morgan fingerprint density at radius 2 is 1.71 bits per heavy atom. The molecule has 2 aromatic heterocycles. The van der Waals surface area contributed by atoms with Gasteiger partial charge in [0, 0.05) is 29.0 Å². The summed E-state index contributed by atoms with van der Waals surface area (Å²) in [6.07, 6.45) is 6.85. The van der Waals surface area contributed by atoms with Gasteiger partial charge in [0.15, 0.2) is 5.11 Å².